The summed E-state index contributed by atoms with van der Waals surface area (Å²) in [4.78, 5) is 13.1. The average Bonchev–Trinajstić information content (AvgIpc) is 3.41. The monoisotopic (exact) mass is 470 g/mol. The van der Waals surface area contributed by atoms with Crippen molar-refractivity contribution in [1.29, 1.82) is 0 Å². The molecule has 0 saturated carbocycles. The number of carbonyl (C=O) groups excluding carboxylic acids is 1. The summed E-state index contributed by atoms with van der Waals surface area (Å²) in [6.45, 7) is 7.43. The molecule has 0 aliphatic carbocycles. The van der Waals surface area contributed by atoms with Crippen LogP contribution in [0.1, 0.15) is 30.4 Å². The van der Waals surface area contributed by atoms with Gasteiger partial charge in [-0.15, -0.1) is 0 Å². The van der Waals surface area contributed by atoms with Crippen molar-refractivity contribution in [2.24, 2.45) is 5.92 Å². The molecule has 0 radical (unpaired) electrons. The molecule has 8 heteroatoms. The Morgan fingerprint density at radius 3 is 2.76 bits per heavy atom. The van der Waals surface area contributed by atoms with Crippen molar-refractivity contribution in [1.82, 2.24) is 10.5 Å². The standard InChI is InChI=1S/C25H28ClFN4O2/c1-14(10-17-4-6-20(26)21(27)11-17)25(32)30-23-12-18(24-15(2)31-33-16(24)3)5-7-22(23)29-19-8-9-28-13-19/h4-7,11-12,14,19,28-29H,8-10,13H2,1-3H3,(H,30,32)/t14-,19-/m0/s1. The van der Waals surface area contributed by atoms with Crippen LogP contribution in [-0.4, -0.2) is 30.2 Å². The van der Waals surface area contributed by atoms with Crippen molar-refractivity contribution in [3.63, 3.8) is 0 Å². The Morgan fingerprint density at radius 1 is 1.27 bits per heavy atom. The number of hydrogen-bond donors (Lipinski definition) is 3. The van der Waals surface area contributed by atoms with E-state index in [4.69, 9.17) is 16.1 Å². The van der Waals surface area contributed by atoms with Gasteiger partial charge in [0.2, 0.25) is 5.91 Å². The summed E-state index contributed by atoms with van der Waals surface area (Å²) >= 11 is 5.78. The van der Waals surface area contributed by atoms with Crippen LogP contribution in [0.3, 0.4) is 0 Å². The number of hydrogen-bond acceptors (Lipinski definition) is 5. The Balaban J connectivity index is 1.58. The molecule has 1 fully saturated rings. The lowest BCUT2D eigenvalue weighted by molar-refractivity contribution is -0.119. The van der Waals surface area contributed by atoms with Gasteiger partial charge >= 0.3 is 0 Å². The molecule has 1 saturated heterocycles. The van der Waals surface area contributed by atoms with Crippen LogP contribution in [0.5, 0.6) is 0 Å². The lowest BCUT2D eigenvalue weighted by Gasteiger charge is -2.20. The number of aryl methyl sites for hydroxylation is 2. The first-order valence-electron chi connectivity index (χ1n) is 11.1. The molecule has 0 spiro atoms. The molecule has 33 heavy (non-hydrogen) atoms. The maximum Gasteiger partial charge on any atom is 0.227 e. The van der Waals surface area contributed by atoms with E-state index in [-0.39, 0.29) is 16.8 Å². The van der Waals surface area contributed by atoms with Crippen LogP contribution in [0.15, 0.2) is 40.9 Å². The molecule has 2 atom stereocenters. The van der Waals surface area contributed by atoms with E-state index in [1.807, 2.05) is 39.0 Å². The third-order valence-corrected chi connectivity index (χ3v) is 6.30. The van der Waals surface area contributed by atoms with Gasteiger partial charge in [-0.3, -0.25) is 4.79 Å². The Bertz CT molecular complexity index is 1140. The summed E-state index contributed by atoms with van der Waals surface area (Å²) in [5, 5.41) is 14.1. The third-order valence-electron chi connectivity index (χ3n) is 5.99. The highest BCUT2D eigenvalue weighted by molar-refractivity contribution is 6.30. The van der Waals surface area contributed by atoms with Crippen molar-refractivity contribution in [3.8, 4) is 11.1 Å². The molecule has 174 valence electrons. The summed E-state index contributed by atoms with van der Waals surface area (Å²) in [6.07, 6.45) is 1.41. The topological polar surface area (TPSA) is 79.2 Å². The summed E-state index contributed by atoms with van der Waals surface area (Å²) in [6, 6.07) is 10.9. The lowest BCUT2D eigenvalue weighted by atomic mass is 9.99. The average molecular weight is 471 g/mol. The zero-order chi connectivity index (χ0) is 23.5. The van der Waals surface area contributed by atoms with Crippen molar-refractivity contribution in [2.45, 2.75) is 39.7 Å². The van der Waals surface area contributed by atoms with E-state index in [2.05, 4.69) is 21.1 Å². The minimum Gasteiger partial charge on any atom is -0.379 e. The van der Waals surface area contributed by atoms with E-state index in [0.29, 0.717) is 18.2 Å². The highest BCUT2D eigenvalue weighted by atomic mass is 35.5. The van der Waals surface area contributed by atoms with Crippen LogP contribution in [0, 0.1) is 25.6 Å². The Morgan fingerprint density at radius 2 is 2.09 bits per heavy atom. The fraction of sp³-hybridized carbons (Fsp3) is 0.360. The number of aromatic nitrogens is 1. The molecule has 2 heterocycles. The quantitative estimate of drug-likeness (QED) is 0.434. The number of amides is 1. The molecule has 0 bridgehead atoms. The first-order chi connectivity index (χ1) is 15.8. The molecular weight excluding hydrogens is 443 g/mol. The second kappa shape index (κ2) is 9.93. The van der Waals surface area contributed by atoms with Crippen molar-refractivity contribution >= 4 is 28.9 Å². The lowest BCUT2D eigenvalue weighted by Crippen LogP contribution is -2.25. The Hall–Kier alpha value is -2.90. The van der Waals surface area contributed by atoms with Crippen molar-refractivity contribution in [2.75, 3.05) is 23.7 Å². The normalized spacial score (nSPS) is 16.6. The van der Waals surface area contributed by atoms with Crippen molar-refractivity contribution < 1.29 is 13.7 Å². The predicted molar refractivity (Wildman–Crippen MR) is 129 cm³/mol. The van der Waals surface area contributed by atoms with E-state index in [0.717, 1.165) is 53.3 Å². The van der Waals surface area contributed by atoms with Gasteiger partial charge in [0.25, 0.3) is 0 Å². The first-order valence-corrected chi connectivity index (χ1v) is 11.5. The summed E-state index contributed by atoms with van der Waals surface area (Å²) in [5.74, 6) is -0.266. The molecule has 1 aliphatic heterocycles. The molecule has 1 amide bonds. The number of anilines is 2. The van der Waals surface area contributed by atoms with Gasteiger partial charge in [-0.25, -0.2) is 4.39 Å². The van der Waals surface area contributed by atoms with E-state index in [9.17, 15) is 9.18 Å². The molecule has 3 aromatic rings. The number of carbonyl (C=O) groups is 1. The van der Waals surface area contributed by atoms with Crippen LogP contribution >= 0.6 is 11.6 Å². The number of benzene rings is 2. The summed E-state index contributed by atoms with van der Waals surface area (Å²) in [5.41, 5.74) is 4.91. The van der Waals surface area contributed by atoms with Gasteiger partial charge in [-0.2, -0.15) is 0 Å². The number of nitrogens with one attached hydrogen (secondary N) is 3. The predicted octanol–water partition coefficient (Wildman–Crippen LogP) is 5.34. The zero-order valence-corrected chi connectivity index (χ0v) is 19.7. The molecule has 4 rings (SSSR count). The molecular formula is C25H28ClFN4O2. The number of rotatable bonds is 7. The van der Waals surface area contributed by atoms with E-state index < -0.39 is 5.82 Å². The van der Waals surface area contributed by atoms with Crippen LogP contribution in [0.25, 0.3) is 11.1 Å². The smallest absolute Gasteiger partial charge is 0.227 e. The number of nitrogens with zero attached hydrogens (tertiary/aromatic N) is 1. The molecule has 3 N–H and O–H groups in total. The molecule has 1 aliphatic rings. The minimum atomic E-state index is -0.481. The molecule has 0 unspecified atom stereocenters. The fourth-order valence-electron chi connectivity index (χ4n) is 4.19. The van der Waals surface area contributed by atoms with Gasteiger partial charge in [0.15, 0.2) is 0 Å². The van der Waals surface area contributed by atoms with Crippen LogP contribution < -0.4 is 16.0 Å². The van der Waals surface area contributed by atoms with Gasteiger partial charge in [0, 0.05) is 24.1 Å². The second-order valence-corrected chi connectivity index (χ2v) is 9.04. The highest BCUT2D eigenvalue weighted by Gasteiger charge is 2.21. The van der Waals surface area contributed by atoms with E-state index in [1.165, 1.54) is 12.1 Å². The summed E-state index contributed by atoms with van der Waals surface area (Å²) in [7, 11) is 0. The van der Waals surface area contributed by atoms with Crippen LogP contribution in [0.2, 0.25) is 5.02 Å². The highest BCUT2D eigenvalue weighted by Crippen LogP contribution is 2.33. The van der Waals surface area contributed by atoms with Gasteiger partial charge in [-0.05, 0) is 68.6 Å². The van der Waals surface area contributed by atoms with Gasteiger partial charge in [0.1, 0.15) is 11.6 Å². The Labute approximate surface area is 197 Å². The maximum atomic E-state index is 13.8. The van der Waals surface area contributed by atoms with Crippen molar-refractivity contribution in [3.05, 3.63) is 64.3 Å². The van der Waals surface area contributed by atoms with Gasteiger partial charge < -0.3 is 20.5 Å². The third kappa shape index (κ3) is 5.37. The molecule has 6 nitrogen and oxygen atoms in total. The van der Waals surface area contributed by atoms with Crippen LogP contribution in [0.4, 0.5) is 15.8 Å². The molecule has 2 aromatic carbocycles. The second-order valence-electron chi connectivity index (χ2n) is 8.64. The van der Waals surface area contributed by atoms with Gasteiger partial charge in [0.05, 0.1) is 22.1 Å². The Kier molecular flexibility index (Phi) is 7.00. The zero-order valence-electron chi connectivity index (χ0n) is 19.0. The van der Waals surface area contributed by atoms with E-state index >= 15 is 0 Å². The minimum absolute atomic E-state index is 0.0733. The van der Waals surface area contributed by atoms with E-state index in [1.54, 1.807) is 6.07 Å². The fourth-order valence-corrected chi connectivity index (χ4v) is 4.31. The SMILES string of the molecule is Cc1noc(C)c1-c1ccc(N[C@H]2CCNC2)c(NC(=O)[C@@H](C)Cc2ccc(Cl)c(F)c2)c1. The maximum absolute atomic E-state index is 13.8. The number of halogens is 2. The van der Waals surface area contributed by atoms with Crippen LogP contribution in [-0.2, 0) is 11.2 Å². The molecule has 1 aromatic heterocycles. The van der Waals surface area contributed by atoms with Gasteiger partial charge in [-0.1, -0.05) is 35.8 Å². The largest absolute Gasteiger partial charge is 0.379 e. The first kappa shape index (κ1) is 23.3. The summed E-state index contributed by atoms with van der Waals surface area (Å²) < 4.78 is 19.1.